The van der Waals surface area contributed by atoms with Gasteiger partial charge in [-0.2, -0.15) is 0 Å². The molecule has 0 aliphatic carbocycles. The Labute approximate surface area is 59.7 Å². The lowest BCUT2D eigenvalue weighted by Gasteiger charge is -2.09. The van der Waals surface area contributed by atoms with Crippen LogP contribution in [0, 0.1) is 0 Å². The molecule has 0 aliphatic heterocycles. The molecular formula is C6H13NO3. The second kappa shape index (κ2) is 4.38. The molecule has 0 fully saturated rings. The van der Waals surface area contributed by atoms with Crippen LogP contribution < -0.4 is 5.73 Å². The molecule has 0 radical (unpaired) electrons. The lowest BCUT2D eigenvalue weighted by molar-refractivity contribution is -0.135. The van der Waals surface area contributed by atoms with Crippen LogP contribution in [0.5, 0.6) is 0 Å². The summed E-state index contributed by atoms with van der Waals surface area (Å²) in [4.78, 5) is 10.7. The summed E-state index contributed by atoms with van der Waals surface area (Å²) in [6.45, 7) is 1.53. The summed E-state index contributed by atoms with van der Waals surface area (Å²) < 4.78 is 0. The first-order valence-electron chi connectivity index (χ1n) is 3.23. The van der Waals surface area contributed by atoms with E-state index < -0.39 is 18.0 Å². The molecule has 0 saturated carbocycles. The van der Waals surface area contributed by atoms with Gasteiger partial charge in [0.1, 0.15) is 12.2 Å². The van der Waals surface area contributed by atoms with Crippen LogP contribution in [0.2, 0.25) is 0 Å². The second-order valence-corrected chi connectivity index (χ2v) is 2.08. The summed E-state index contributed by atoms with van der Waals surface area (Å²) in [6, 6.07) is 0. The first-order chi connectivity index (χ1) is 4.63. The molecule has 2 unspecified atom stereocenters. The van der Waals surface area contributed by atoms with Gasteiger partial charge in [0.05, 0.1) is 0 Å². The lowest BCUT2D eigenvalue weighted by Crippen LogP contribution is -2.36. The fourth-order valence-electron chi connectivity index (χ4n) is 0.539. The third-order valence-corrected chi connectivity index (χ3v) is 1.27. The Morgan fingerprint density at radius 3 is 2.30 bits per heavy atom. The minimum Gasteiger partial charge on any atom is -0.385 e. The molecule has 0 aromatic carbocycles. The molecule has 0 aliphatic rings. The van der Waals surface area contributed by atoms with Crippen molar-refractivity contribution >= 4 is 5.78 Å². The van der Waals surface area contributed by atoms with E-state index in [4.69, 9.17) is 15.9 Å². The van der Waals surface area contributed by atoms with E-state index >= 15 is 0 Å². The highest BCUT2D eigenvalue weighted by molar-refractivity contribution is 5.86. The van der Waals surface area contributed by atoms with Gasteiger partial charge in [-0.3, -0.25) is 4.79 Å². The van der Waals surface area contributed by atoms with Crippen LogP contribution in [-0.2, 0) is 4.79 Å². The largest absolute Gasteiger partial charge is 0.385 e. The molecular weight excluding hydrogens is 134 g/mol. The van der Waals surface area contributed by atoms with Crippen LogP contribution in [0.4, 0.5) is 0 Å². The molecule has 2 atom stereocenters. The predicted molar refractivity (Wildman–Crippen MR) is 36.4 cm³/mol. The van der Waals surface area contributed by atoms with E-state index in [1.54, 1.807) is 6.92 Å². The predicted octanol–water partition coefficient (Wildman–Crippen LogP) is -1.35. The summed E-state index contributed by atoms with van der Waals surface area (Å²) in [5, 5.41) is 17.7. The Morgan fingerprint density at radius 1 is 1.50 bits per heavy atom. The topological polar surface area (TPSA) is 83.5 Å². The maximum Gasteiger partial charge on any atom is 0.190 e. The van der Waals surface area contributed by atoms with Crippen molar-refractivity contribution in [2.24, 2.45) is 5.73 Å². The molecule has 0 spiro atoms. The first-order valence-corrected chi connectivity index (χ1v) is 3.23. The summed E-state index contributed by atoms with van der Waals surface area (Å²) in [5.74, 6) is -0.593. The van der Waals surface area contributed by atoms with Gasteiger partial charge in [-0.25, -0.2) is 0 Å². The zero-order chi connectivity index (χ0) is 8.15. The molecule has 4 nitrogen and oxygen atoms in total. The average molecular weight is 147 g/mol. The van der Waals surface area contributed by atoms with E-state index in [1.165, 1.54) is 0 Å². The van der Waals surface area contributed by atoms with Crippen LogP contribution in [0.1, 0.15) is 13.3 Å². The molecule has 0 amide bonds. The number of carbonyl (C=O) groups excluding carboxylic acids is 1. The van der Waals surface area contributed by atoms with Crippen molar-refractivity contribution in [2.45, 2.75) is 25.6 Å². The van der Waals surface area contributed by atoms with Gasteiger partial charge in [-0.05, 0) is 6.42 Å². The molecule has 60 valence electrons. The summed E-state index contributed by atoms with van der Waals surface area (Å²) in [7, 11) is 0. The number of nitrogens with two attached hydrogens (primary N) is 1. The molecule has 0 heterocycles. The standard InChI is InChI=1S/C6H13NO3/c1-2-4(8)6(10)5(9)3-7/h4-5,8-9H,2-3,7H2,1H3. The Hall–Kier alpha value is -0.450. The number of ketones is 1. The number of aliphatic hydroxyl groups excluding tert-OH is 2. The first kappa shape index (κ1) is 9.55. The quantitative estimate of drug-likeness (QED) is 0.459. The Kier molecular flexibility index (Phi) is 4.18. The molecule has 4 heteroatoms. The fraction of sp³-hybridized carbons (Fsp3) is 0.833. The van der Waals surface area contributed by atoms with Gasteiger partial charge in [-0.1, -0.05) is 6.92 Å². The molecule has 10 heavy (non-hydrogen) atoms. The molecule has 0 aromatic rings. The fourth-order valence-corrected chi connectivity index (χ4v) is 0.539. The Morgan fingerprint density at radius 2 is 2.00 bits per heavy atom. The monoisotopic (exact) mass is 147 g/mol. The molecule has 0 saturated heterocycles. The van der Waals surface area contributed by atoms with Crippen molar-refractivity contribution in [1.29, 1.82) is 0 Å². The molecule has 0 rings (SSSR count). The number of Topliss-reactive ketones (excluding diaryl/α,β-unsaturated/α-hetero) is 1. The second-order valence-electron chi connectivity index (χ2n) is 2.08. The minimum absolute atomic E-state index is 0.129. The number of rotatable bonds is 4. The summed E-state index contributed by atoms with van der Waals surface area (Å²) in [5.41, 5.74) is 4.98. The van der Waals surface area contributed by atoms with Gasteiger partial charge < -0.3 is 15.9 Å². The highest BCUT2D eigenvalue weighted by atomic mass is 16.3. The van der Waals surface area contributed by atoms with E-state index in [0.717, 1.165) is 0 Å². The van der Waals surface area contributed by atoms with Crippen molar-refractivity contribution in [3.63, 3.8) is 0 Å². The smallest absolute Gasteiger partial charge is 0.190 e. The number of hydrogen-bond acceptors (Lipinski definition) is 4. The van der Waals surface area contributed by atoms with E-state index in [1.807, 2.05) is 0 Å². The van der Waals surface area contributed by atoms with E-state index in [2.05, 4.69) is 0 Å². The molecule has 0 bridgehead atoms. The third-order valence-electron chi connectivity index (χ3n) is 1.27. The van der Waals surface area contributed by atoms with Crippen LogP contribution in [0.15, 0.2) is 0 Å². The van der Waals surface area contributed by atoms with Gasteiger partial charge in [0.15, 0.2) is 5.78 Å². The van der Waals surface area contributed by atoms with Gasteiger partial charge in [-0.15, -0.1) is 0 Å². The number of carbonyl (C=O) groups is 1. The Balaban J connectivity index is 3.82. The van der Waals surface area contributed by atoms with Gasteiger partial charge in [0, 0.05) is 6.54 Å². The highest BCUT2D eigenvalue weighted by Crippen LogP contribution is 1.95. The summed E-state index contributed by atoms with van der Waals surface area (Å²) >= 11 is 0. The highest BCUT2D eigenvalue weighted by Gasteiger charge is 2.19. The minimum atomic E-state index is -1.21. The average Bonchev–Trinajstić information content (AvgIpc) is 2.00. The Bertz CT molecular complexity index is 104. The van der Waals surface area contributed by atoms with E-state index in [0.29, 0.717) is 6.42 Å². The normalized spacial score (nSPS) is 16.4. The van der Waals surface area contributed by atoms with Crippen LogP contribution in [0.3, 0.4) is 0 Å². The molecule has 4 N–H and O–H groups in total. The molecule has 0 aromatic heterocycles. The van der Waals surface area contributed by atoms with Gasteiger partial charge >= 0.3 is 0 Å². The maximum atomic E-state index is 10.7. The third kappa shape index (κ3) is 2.43. The number of hydrogen-bond donors (Lipinski definition) is 3. The zero-order valence-electron chi connectivity index (χ0n) is 5.95. The van der Waals surface area contributed by atoms with E-state index in [-0.39, 0.29) is 6.54 Å². The van der Waals surface area contributed by atoms with Crippen LogP contribution >= 0.6 is 0 Å². The van der Waals surface area contributed by atoms with Crippen molar-refractivity contribution in [3.05, 3.63) is 0 Å². The van der Waals surface area contributed by atoms with Crippen LogP contribution in [0.25, 0.3) is 0 Å². The van der Waals surface area contributed by atoms with Crippen molar-refractivity contribution in [1.82, 2.24) is 0 Å². The SMILES string of the molecule is CCC(O)C(=O)C(O)CN. The van der Waals surface area contributed by atoms with Gasteiger partial charge in [0.25, 0.3) is 0 Å². The van der Waals surface area contributed by atoms with Gasteiger partial charge in [0.2, 0.25) is 0 Å². The van der Waals surface area contributed by atoms with Crippen molar-refractivity contribution in [3.8, 4) is 0 Å². The summed E-state index contributed by atoms with van der Waals surface area (Å²) in [6.07, 6.45) is -1.97. The lowest BCUT2D eigenvalue weighted by atomic mass is 10.1. The number of aliphatic hydroxyl groups is 2. The maximum absolute atomic E-state index is 10.7. The van der Waals surface area contributed by atoms with E-state index in [9.17, 15) is 4.79 Å². The zero-order valence-corrected chi connectivity index (χ0v) is 5.95. The van der Waals surface area contributed by atoms with Crippen molar-refractivity contribution in [2.75, 3.05) is 6.54 Å². The van der Waals surface area contributed by atoms with Crippen LogP contribution in [-0.4, -0.2) is 34.7 Å². The van der Waals surface area contributed by atoms with Crippen molar-refractivity contribution < 1.29 is 15.0 Å².